The van der Waals surface area contributed by atoms with E-state index in [0.29, 0.717) is 0 Å². The number of hydrogen-bond acceptors (Lipinski definition) is 3. The van der Waals surface area contributed by atoms with E-state index < -0.39 is 23.8 Å². The summed E-state index contributed by atoms with van der Waals surface area (Å²) in [6.45, 7) is 4.95. The first-order valence-corrected chi connectivity index (χ1v) is 5.66. The fraction of sp³-hybridized carbons (Fsp3) is 0.889. The van der Waals surface area contributed by atoms with E-state index in [4.69, 9.17) is 4.74 Å². The molecule has 0 saturated heterocycles. The third-order valence-corrected chi connectivity index (χ3v) is 2.57. The highest BCUT2D eigenvalue weighted by Gasteiger charge is 2.27. The summed E-state index contributed by atoms with van der Waals surface area (Å²) in [6.07, 6.45) is -5.27. The van der Waals surface area contributed by atoms with Gasteiger partial charge in [0.1, 0.15) is 0 Å². The Bertz CT molecular complexity index is 204. The summed E-state index contributed by atoms with van der Waals surface area (Å²) in [5.41, 5.74) is 0. The van der Waals surface area contributed by atoms with Crippen molar-refractivity contribution in [2.75, 3.05) is 5.75 Å². The quantitative estimate of drug-likeness (QED) is 0.695. The van der Waals surface area contributed by atoms with Crippen LogP contribution in [0.1, 0.15) is 27.2 Å². The Morgan fingerprint density at radius 1 is 1.33 bits per heavy atom. The molecule has 0 rings (SSSR count). The van der Waals surface area contributed by atoms with Gasteiger partial charge in [0, 0.05) is 5.75 Å². The van der Waals surface area contributed by atoms with Gasteiger partial charge in [0.15, 0.2) is 0 Å². The lowest BCUT2D eigenvalue weighted by atomic mass is 10.4. The molecular formula is C9H15F3O2S. The molecule has 15 heavy (non-hydrogen) atoms. The predicted molar refractivity (Wildman–Crippen MR) is 53.8 cm³/mol. The Labute approximate surface area is 91.6 Å². The van der Waals surface area contributed by atoms with Crippen LogP contribution in [0.3, 0.4) is 0 Å². The van der Waals surface area contributed by atoms with Gasteiger partial charge in [-0.15, -0.1) is 11.8 Å². The number of carbonyl (C=O) groups is 1. The molecule has 0 amide bonds. The minimum Gasteiger partial charge on any atom is -0.462 e. The van der Waals surface area contributed by atoms with Crippen LogP contribution in [0.15, 0.2) is 0 Å². The molecule has 0 aromatic heterocycles. The lowest BCUT2D eigenvalue weighted by Crippen LogP contribution is -2.21. The first-order chi connectivity index (χ1) is 6.72. The van der Waals surface area contributed by atoms with Crippen LogP contribution < -0.4 is 0 Å². The van der Waals surface area contributed by atoms with E-state index in [1.54, 1.807) is 20.8 Å². The fourth-order valence-electron chi connectivity index (χ4n) is 0.748. The smallest absolute Gasteiger partial charge is 0.389 e. The van der Waals surface area contributed by atoms with Crippen LogP contribution in [0.5, 0.6) is 0 Å². The normalized spacial score (nSPS) is 14.1. The number of hydrogen-bond donors (Lipinski definition) is 0. The number of rotatable bonds is 5. The van der Waals surface area contributed by atoms with Gasteiger partial charge in [-0.25, -0.2) is 0 Å². The number of thioether (sulfide) groups is 1. The molecule has 0 aliphatic heterocycles. The van der Waals surface area contributed by atoms with Gasteiger partial charge in [0.2, 0.25) is 0 Å². The molecule has 6 heteroatoms. The molecule has 0 saturated carbocycles. The Morgan fingerprint density at radius 2 is 1.87 bits per heavy atom. The van der Waals surface area contributed by atoms with Crippen molar-refractivity contribution in [3.8, 4) is 0 Å². The number of ether oxygens (including phenoxy) is 1. The molecule has 0 radical (unpaired) electrons. The highest BCUT2D eigenvalue weighted by Crippen LogP contribution is 2.24. The summed E-state index contributed by atoms with van der Waals surface area (Å²) in [7, 11) is 0. The Kier molecular flexibility index (Phi) is 6.09. The average molecular weight is 244 g/mol. The maximum absolute atomic E-state index is 11.8. The van der Waals surface area contributed by atoms with Gasteiger partial charge in [-0.05, 0) is 20.8 Å². The molecule has 0 spiro atoms. The number of carbonyl (C=O) groups excluding carboxylic acids is 1. The zero-order valence-electron chi connectivity index (χ0n) is 8.93. The highest BCUT2D eigenvalue weighted by atomic mass is 32.2. The molecule has 0 fully saturated rings. The van der Waals surface area contributed by atoms with Crippen molar-refractivity contribution < 1.29 is 22.7 Å². The molecule has 0 aromatic carbocycles. The second-order valence-corrected chi connectivity index (χ2v) is 4.81. The molecule has 0 aliphatic carbocycles. The predicted octanol–water partition coefficient (Wildman–Crippen LogP) is 3.01. The third-order valence-electron chi connectivity index (χ3n) is 1.44. The van der Waals surface area contributed by atoms with Gasteiger partial charge < -0.3 is 4.74 Å². The van der Waals surface area contributed by atoms with Gasteiger partial charge in [-0.2, -0.15) is 13.2 Å². The van der Waals surface area contributed by atoms with Crippen molar-refractivity contribution in [2.45, 2.75) is 44.7 Å². The summed E-state index contributed by atoms with van der Waals surface area (Å²) in [6, 6.07) is 0. The zero-order chi connectivity index (χ0) is 12.1. The second-order valence-electron chi connectivity index (χ2n) is 3.36. The fourth-order valence-corrected chi connectivity index (χ4v) is 1.64. The van der Waals surface area contributed by atoms with Crippen LogP contribution in [0.2, 0.25) is 0 Å². The molecule has 0 aromatic rings. The monoisotopic (exact) mass is 244 g/mol. The Balaban J connectivity index is 3.74. The van der Waals surface area contributed by atoms with Crippen molar-refractivity contribution in [3.63, 3.8) is 0 Å². The summed E-state index contributed by atoms with van der Waals surface area (Å²) < 4.78 is 40.2. The average Bonchev–Trinajstić information content (AvgIpc) is 2.00. The standard InChI is InChI=1S/C9H15F3O2S/c1-6(2)14-8(13)7(3)15-5-4-9(10,11)12/h6-7H,4-5H2,1-3H3. The van der Waals surface area contributed by atoms with Crippen molar-refractivity contribution in [1.82, 2.24) is 0 Å². The SMILES string of the molecule is CC(C)OC(=O)C(C)SCCC(F)(F)F. The number of alkyl halides is 3. The van der Waals surface area contributed by atoms with E-state index in [9.17, 15) is 18.0 Å². The molecular weight excluding hydrogens is 229 g/mol. The van der Waals surface area contributed by atoms with Crippen molar-refractivity contribution >= 4 is 17.7 Å². The Morgan fingerprint density at radius 3 is 2.27 bits per heavy atom. The minimum atomic E-state index is -4.16. The molecule has 1 unspecified atom stereocenters. The van der Waals surface area contributed by atoms with Crippen LogP contribution in [-0.2, 0) is 9.53 Å². The lowest BCUT2D eigenvalue weighted by Gasteiger charge is -2.13. The van der Waals surface area contributed by atoms with Crippen LogP contribution >= 0.6 is 11.8 Å². The maximum Gasteiger partial charge on any atom is 0.389 e. The first kappa shape index (κ1) is 14.6. The summed E-state index contributed by atoms with van der Waals surface area (Å²) in [5, 5.41) is -0.547. The third kappa shape index (κ3) is 8.59. The molecule has 2 nitrogen and oxygen atoms in total. The molecule has 0 bridgehead atoms. The maximum atomic E-state index is 11.8. The van der Waals surface area contributed by atoms with Gasteiger partial charge in [-0.3, -0.25) is 4.79 Å². The topological polar surface area (TPSA) is 26.3 Å². The summed E-state index contributed by atoms with van der Waals surface area (Å²) in [4.78, 5) is 11.2. The molecule has 90 valence electrons. The summed E-state index contributed by atoms with van der Waals surface area (Å²) >= 11 is 0.959. The molecule has 1 atom stereocenters. The van der Waals surface area contributed by atoms with Crippen LogP contribution in [0.25, 0.3) is 0 Å². The van der Waals surface area contributed by atoms with E-state index in [2.05, 4.69) is 0 Å². The van der Waals surface area contributed by atoms with E-state index in [-0.39, 0.29) is 11.9 Å². The first-order valence-electron chi connectivity index (χ1n) is 4.61. The van der Waals surface area contributed by atoms with E-state index >= 15 is 0 Å². The van der Waals surface area contributed by atoms with Gasteiger partial charge in [0.05, 0.1) is 17.8 Å². The molecule has 0 heterocycles. The van der Waals surface area contributed by atoms with Crippen molar-refractivity contribution in [3.05, 3.63) is 0 Å². The van der Waals surface area contributed by atoms with E-state index in [1.807, 2.05) is 0 Å². The highest BCUT2D eigenvalue weighted by molar-refractivity contribution is 8.00. The van der Waals surface area contributed by atoms with Crippen LogP contribution in [-0.4, -0.2) is 29.3 Å². The van der Waals surface area contributed by atoms with Crippen LogP contribution in [0, 0.1) is 0 Å². The zero-order valence-corrected chi connectivity index (χ0v) is 9.74. The van der Waals surface area contributed by atoms with Crippen molar-refractivity contribution in [1.29, 1.82) is 0 Å². The minimum absolute atomic E-state index is 0.113. The lowest BCUT2D eigenvalue weighted by molar-refractivity contribution is -0.146. The van der Waals surface area contributed by atoms with E-state index in [1.165, 1.54) is 0 Å². The van der Waals surface area contributed by atoms with Crippen molar-refractivity contribution in [2.24, 2.45) is 0 Å². The Hall–Kier alpha value is -0.390. The molecule has 0 aliphatic rings. The number of halogens is 3. The van der Waals surface area contributed by atoms with E-state index in [0.717, 1.165) is 11.8 Å². The molecule has 0 N–H and O–H groups in total. The van der Waals surface area contributed by atoms with Gasteiger partial charge in [-0.1, -0.05) is 0 Å². The number of esters is 1. The van der Waals surface area contributed by atoms with Crippen LogP contribution in [0.4, 0.5) is 13.2 Å². The second kappa shape index (κ2) is 6.25. The summed E-state index contributed by atoms with van der Waals surface area (Å²) in [5.74, 6) is -0.574. The van der Waals surface area contributed by atoms with Gasteiger partial charge >= 0.3 is 12.1 Å². The largest absolute Gasteiger partial charge is 0.462 e. The van der Waals surface area contributed by atoms with Gasteiger partial charge in [0.25, 0.3) is 0 Å².